The Bertz CT molecular complexity index is 516. The van der Waals surface area contributed by atoms with E-state index in [1.165, 1.54) is 6.33 Å². The standard InChI is InChI=1S/C11H9ClFN3/c1-7-10(13)11(15-6-14-7)16-9-4-2-3-8(12)5-9/h2-6H,1H3,(H,14,15,16). The van der Waals surface area contributed by atoms with Crippen LogP contribution in [0, 0.1) is 12.7 Å². The van der Waals surface area contributed by atoms with Crippen molar-refractivity contribution in [3.63, 3.8) is 0 Å². The first kappa shape index (κ1) is 10.8. The molecule has 0 aliphatic heterocycles. The Morgan fingerprint density at radius 1 is 1.31 bits per heavy atom. The molecule has 0 aliphatic carbocycles. The fourth-order valence-electron chi connectivity index (χ4n) is 1.25. The molecule has 82 valence electrons. The van der Waals surface area contributed by atoms with Gasteiger partial charge in [0.25, 0.3) is 0 Å². The van der Waals surface area contributed by atoms with Gasteiger partial charge in [-0.1, -0.05) is 17.7 Å². The third kappa shape index (κ3) is 2.28. The lowest BCUT2D eigenvalue weighted by atomic mass is 10.3. The van der Waals surface area contributed by atoms with Gasteiger partial charge in [-0.15, -0.1) is 0 Å². The number of nitrogens with one attached hydrogen (secondary N) is 1. The third-order valence-electron chi connectivity index (χ3n) is 2.05. The first-order valence-electron chi connectivity index (χ1n) is 4.66. The van der Waals surface area contributed by atoms with E-state index in [1.807, 2.05) is 0 Å². The Morgan fingerprint density at radius 3 is 2.88 bits per heavy atom. The van der Waals surface area contributed by atoms with Crippen LogP contribution in [0.5, 0.6) is 0 Å². The monoisotopic (exact) mass is 237 g/mol. The van der Waals surface area contributed by atoms with Crippen LogP contribution in [0.25, 0.3) is 0 Å². The van der Waals surface area contributed by atoms with Crippen LogP contribution in [0.15, 0.2) is 30.6 Å². The fraction of sp³-hybridized carbons (Fsp3) is 0.0909. The summed E-state index contributed by atoms with van der Waals surface area (Å²) in [4.78, 5) is 7.57. The molecule has 5 heteroatoms. The van der Waals surface area contributed by atoms with E-state index in [1.54, 1.807) is 31.2 Å². The number of hydrogen-bond acceptors (Lipinski definition) is 3. The average molecular weight is 238 g/mol. The van der Waals surface area contributed by atoms with Crippen LogP contribution in [0.1, 0.15) is 5.69 Å². The quantitative estimate of drug-likeness (QED) is 0.871. The molecule has 0 aliphatic rings. The second-order valence-corrected chi connectivity index (χ2v) is 3.69. The second-order valence-electron chi connectivity index (χ2n) is 3.26. The molecule has 0 atom stereocenters. The van der Waals surface area contributed by atoms with E-state index in [0.717, 1.165) is 0 Å². The molecule has 0 radical (unpaired) electrons. The summed E-state index contributed by atoms with van der Waals surface area (Å²) in [6.07, 6.45) is 1.31. The Labute approximate surface area is 97.3 Å². The molecule has 16 heavy (non-hydrogen) atoms. The second kappa shape index (κ2) is 4.45. The molecule has 0 saturated heterocycles. The van der Waals surface area contributed by atoms with E-state index in [2.05, 4.69) is 15.3 Å². The van der Waals surface area contributed by atoms with E-state index in [-0.39, 0.29) is 5.82 Å². The van der Waals surface area contributed by atoms with Crippen LogP contribution >= 0.6 is 11.6 Å². The van der Waals surface area contributed by atoms with Crippen LogP contribution < -0.4 is 5.32 Å². The molecule has 0 fully saturated rings. The van der Waals surface area contributed by atoms with Gasteiger partial charge in [0.2, 0.25) is 0 Å². The molecule has 0 amide bonds. The van der Waals surface area contributed by atoms with Gasteiger partial charge in [-0.2, -0.15) is 0 Å². The van der Waals surface area contributed by atoms with Crippen molar-refractivity contribution in [2.45, 2.75) is 6.92 Å². The van der Waals surface area contributed by atoms with Gasteiger partial charge in [-0.25, -0.2) is 14.4 Å². The van der Waals surface area contributed by atoms with Crippen molar-refractivity contribution >= 4 is 23.1 Å². The lowest BCUT2D eigenvalue weighted by Crippen LogP contribution is -2.00. The third-order valence-corrected chi connectivity index (χ3v) is 2.29. The highest BCUT2D eigenvalue weighted by Gasteiger charge is 2.07. The predicted molar refractivity (Wildman–Crippen MR) is 61.5 cm³/mol. The zero-order valence-corrected chi connectivity index (χ0v) is 9.29. The Hall–Kier alpha value is -1.68. The molecule has 1 heterocycles. The molecule has 2 rings (SSSR count). The number of nitrogens with zero attached hydrogens (tertiary/aromatic N) is 2. The molecule has 0 bridgehead atoms. The van der Waals surface area contributed by atoms with Gasteiger partial charge in [0.1, 0.15) is 6.33 Å². The summed E-state index contributed by atoms with van der Waals surface area (Å²) in [7, 11) is 0. The molecule has 1 N–H and O–H groups in total. The predicted octanol–water partition coefficient (Wildman–Crippen LogP) is 3.32. The van der Waals surface area contributed by atoms with Gasteiger partial charge in [0.05, 0.1) is 5.69 Å². The summed E-state index contributed by atoms with van der Waals surface area (Å²) in [5.74, 6) is -0.308. The van der Waals surface area contributed by atoms with Crippen molar-refractivity contribution in [2.75, 3.05) is 5.32 Å². The van der Waals surface area contributed by atoms with Crippen LogP contribution in [0.2, 0.25) is 5.02 Å². The Morgan fingerprint density at radius 2 is 2.12 bits per heavy atom. The molecule has 1 aromatic carbocycles. The SMILES string of the molecule is Cc1ncnc(Nc2cccc(Cl)c2)c1F. The number of aryl methyl sites for hydroxylation is 1. The summed E-state index contributed by atoms with van der Waals surface area (Å²) in [6, 6.07) is 6.99. The fourth-order valence-corrected chi connectivity index (χ4v) is 1.44. The highest BCUT2D eigenvalue weighted by atomic mass is 35.5. The van der Waals surface area contributed by atoms with E-state index < -0.39 is 5.82 Å². The molecule has 3 nitrogen and oxygen atoms in total. The van der Waals surface area contributed by atoms with Crippen LogP contribution in [-0.4, -0.2) is 9.97 Å². The van der Waals surface area contributed by atoms with E-state index in [9.17, 15) is 4.39 Å². The van der Waals surface area contributed by atoms with E-state index in [0.29, 0.717) is 16.4 Å². The number of aromatic nitrogens is 2. The molecule has 0 spiro atoms. The average Bonchev–Trinajstić information content (AvgIpc) is 2.25. The highest BCUT2D eigenvalue weighted by Crippen LogP contribution is 2.21. The minimum absolute atomic E-state index is 0.148. The van der Waals surface area contributed by atoms with Gasteiger partial charge in [0.15, 0.2) is 11.6 Å². The first-order valence-corrected chi connectivity index (χ1v) is 5.04. The summed E-state index contributed by atoms with van der Waals surface area (Å²) < 4.78 is 13.6. The summed E-state index contributed by atoms with van der Waals surface area (Å²) >= 11 is 5.82. The number of anilines is 2. The smallest absolute Gasteiger partial charge is 0.186 e. The lowest BCUT2D eigenvalue weighted by molar-refractivity contribution is 0.607. The van der Waals surface area contributed by atoms with Crippen molar-refractivity contribution < 1.29 is 4.39 Å². The minimum atomic E-state index is -0.456. The van der Waals surface area contributed by atoms with Crippen molar-refractivity contribution in [1.82, 2.24) is 9.97 Å². The first-order chi connectivity index (χ1) is 7.66. The molecule has 2 aromatic rings. The normalized spacial score (nSPS) is 10.2. The Balaban J connectivity index is 2.31. The van der Waals surface area contributed by atoms with Crippen molar-refractivity contribution in [3.8, 4) is 0 Å². The van der Waals surface area contributed by atoms with Gasteiger partial charge in [0, 0.05) is 10.7 Å². The van der Waals surface area contributed by atoms with E-state index >= 15 is 0 Å². The van der Waals surface area contributed by atoms with Crippen molar-refractivity contribution in [3.05, 3.63) is 47.1 Å². The Kier molecular flexibility index (Phi) is 3.01. The number of hydrogen-bond donors (Lipinski definition) is 1. The van der Waals surface area contributed by atoms with Crippen molar-refractivity contribution in [1.29, 1.82) is 0 Å². The zero-order chi connectivity index (χ0) is 11.5. The van der Waals surface area contributed by atoms with Crippen molar-refractivity contribution in [2.24, 2.45) is 0 Å². The lowest BCUT2D eigenvalue weighted by Gasteiger charge is -2.07. The number of halogens is 2. The topological polar surface area (TPSA) is 37.8 Å². The van der Waals surface area contributed by atoms with Gasteiger partial charge >= 0.3 is 0 Å². The largest absolute Gasteiger partial charge is 0.338 e. The zero-order valence-electron chi connectivity index (χ0n) is 8.54. The maximum Gasteiger partial charge on any atom is 0.186 e. The highest BCUT2D eigenvalue weighted by molar-refractivity contribution is 6.30. The molecule has 1 aromatic heterocycles. The minimum Gasteiger partial charge on any atom is -0.338 e. The van der Waals surface area contributed by atoms with E-state index in [4.69, 9.17) is 11.6 Å². The maximum atomic E-state index is 13.6. The summed E-state index contributed by atoms with van der Waals surface area (Å²) in [5.41, 5.74) is 0.990. The number of benzene rings is 1. The molecule has 0 saturated carbocycles. The summed E-state index contributed by atoms with van der Waals surface area (Å²) in [5, 5.41) is 3.42. The molecular formula is C11H9ClFN3. The van der Waals surface area contributed by atoms with Gasteiger partial charge < -0.3 is 5.32 Å². The molecule has 0 unspecified atom stereocenters. The summed E-state index contributed by atoms with van der Waals surface area (Å²) in [6.45, 7) is 1.58. The van der Waals surface area contributed by atoms with Crippen LogP contribution in [0.4, 0.5) is 15.9 Å². The van der Waals surface area contributed by atoms with Gasteiger partial charge in [-0.3, -0.25) is 0 Å². The number of rotatable bonds is 2. The van der Waals surface area contributed by atoms with Crippen LogP contribution in [-0.2, 0) is 0 Å². The molecular weight excluding hydrogens is 229 g/mol. The van der Waals surface area contributed by atoms with Crippen LogP contribution in [0.3, 0.4) is 0 Å². The maximum absolute atomic E-state index is 13.6. The van der Waals surface area contributed by atoms with Gasteiger partial charge in [-0.05, 0) is 25.1 Å².